The Bertz CT molecular complexity index is 590. The minimum atomic E-state index is -0.157. The fourth-order valence-electron chi connectivity index (χ4n) is 2.41. The highest BCUT2D eigenvalue weighted by Crippen LogP contribution is 2.30. The zero-order valence-corrected chi connectivity index (χ0v) is 12.0. The van der Waals surface area contributed by atoms with Crippen LogP contribution in [0, 0.1) is 20.8 Å². The highest BCUT2D eigenvalue weighted by atomic mass is 16.5. The molecular formula is C17H21NO. The van der Waals surface area contributed by atoms with Gasteiger partial charge in [0, 0.05) is 5.56 Å². The van der Waals surface area contributed by atoms with E-state index in [1.807, 2.05) is 24.3 Å². The number of ether oxygens (including phenoxy) is 1. The Hall–Kier alpha value is -1.80. The van der Waals surface area contributed by atoms with E-state index in [0.29, 0.717) is 0 Å². The summed E-state index contributed by atoms with van der Waals surface area (Å²) in [5.41, 5.74) is 12.4. The minimum absolute atomic E-state index is 0.157. The Labute approximate surface area is 115 Å². The van der Waals surface area contributed by atoms with Crippen molar-refractivity contribution in [1.82, 2.24) is 0 Å². The molecule has 0 saturated heterocycles. The Balaban J connectivity index is 2.50. The number of aryl methyl sites for hydroxylation is 3. The Kier molecular flexibility index (Phi) is 3.91. The van der Waals surface area contributed by atoms with E-state index in [1.54, 1.807) is 7.11 Å². The molecule has 1 atom stereocenters. The Morgan fingerprint density at radius 3 is 2.21 bits per heavy atom. The van der Waals surface area contributed by atoms with Gasteiger partial charge in [-0.15, -0.1) is 0 Å². The standard InChI is InChI=1S/C17H21NO/c1-11-9-13(3)15(10-12(11)2)17(18)14-7-5-6-8-16(14)19-4/h5-10,17H,18H2,1-4H3. The monoisotopic (exact) mass is 255 g/mol. The van der Waals surface area contributed by atoms with Gasteiger partial charge in [-0.25, -0.2) is 0 Å². The minimum Gasteiger partial charge on any atom is -0.496 e. The largest absolute Gasteiger partial charge is 0.496 e. The molecule has 0 saturated carbocycles. The molecule has 0 spiro atoms. The van der Waals surface area contributed by atoms with Crippen molar-refractivity contribution in [2.24, 2.45) is 5.73 Å². The van der Waals surface area contributed by atoms with Crippen molar-refractivity contribution in [3.63, 3.8) is 0 Å². The molecule has 0 fully saturated rings. The van der Waals surface area contributed by atoms with Crippen LogP contribution in [0.4, 0.5) is 0 Å². The smallest absolute Gasteiger partial charge is 0.123 e. The van der Waals surface area contributed by atoms with Crippen LogP contribution in [0.3, 0.4) is 0 Å². The molecule has 1 unspecified atom stereocenters. The van der Waals surface area contributed by atoms with E-state index in [2.05, 4.69) is 32.9 Å². The number of hydrogen-bond donors (Lipinski definition) is 1. The quantitative estimate of drug-likeness (QED) is 0.908. The fraction of sp³-hybridized carbons (Fsp3) is 0.294. The van der Waals surface area contributed by atoms with E-state index in [4.69, 9.17) is 10.5 Å². The summed E-state index contributed by atoms with van der Waals surface area (Å²) in [5.74, 6) is 0.840. The zero-order chi connectivity index (χ0) is 14.0. The summed E-state index contributed by atoms with van der Waals surface area (Å²) in [4.78, 5) is 0. The van der Waals surface area contributed by atoms with Gasteiger partial charge in [0.25, 0.3) is 0 Å². The first kappa shape index (κ1) is 13.6. The van der Waals surface area contributed by atoms with E-state index < -0.39 is 0 Å². The molecule has 19 heavy (non-hydrogen) atoms. The second kappa shape index (κ2) is 5.45. The van der Waals surface area contributed by atoms with Crippen molar-refractivity contribution < 1.29 is 4.74 Å². The third-order valence-electron chi connectivity index (χ3n) is 3.69. The predicted octanol–water partition coefficient (Wildman–Crippen LogP) is 3.67. The summed E-state index contributed by atoms with van der Waals surface area (Å²) in [6.07, 6.45) is 0. The molecule has 2 heteroatoms. The summed E-state index contributed by atoms with van der Waals surface area (Å²) >= 11 is 0. The first-order chi connectivity index (χ1) is 9.04. The van der Waals surface area contributed by atoms with Gasteiger partial charge < -0.3 is 10.5 Å². The van der Waals surface area contributed by atoms with E-state index >= 15 is 0 Å². The van der Waals surface area contributed by atoms with Crippen LogP contribution in [-0.2, 0) is 0 Å². The van der Waals surface area contributed by atoms with Gasteiger partial charge in [-0.2, -0.15) is 0 Å². The van der Waals surface area contributed by atoms with Crippen LogP contribution in [0.5, 0.6) is 5.75 Å². The molecule has 100 valence electrons. The number of benzene rings is 2. The van der Waals surface area contributed by atoms with Crippen molar-refractivity contribution in [2.75, 3.05) is 7.11 Å². The summed E-state index contributed by atoms with van der Waals surface area (Å²) in [6, 6.07) is 12.2. The van der Waals surface area contributed by atoms with Crippen molar-refractivity contribution in [3.05, 3.63) is 64.2 Å². The van der Waals surface area contributed by atoms with Crippen LogP contribution in [0.25, 0.3) is 0 Å². The molecule has 0 bridgehead atoms. The third-order valence-corrected chi connectivity index (χ3v) is 3.69. The van der Waals surface area contributed by atoms with Gasteiger partial charge in [0.05, 0.1) is 13.2 Å². The van der Waals surface area contributed by atoms with Gasteiger partial charge in [-0.05, 0) is 49.1 Å². The van der Waals surface area contributed by atoms with Gasteiger partial charge >= 0.3 is 0 Å². The number of para-hydroxylation sites is 1. The van der Waals surface area contributed by atoms with E-state index in [9.17, 15) is 0 Å². The number of hydrogen-bond acceptors (Lipinski definition) is 2. The average Bonchev–Trinajstić information content (AvgIpc) is 2.42. The summed E-state index contributed by atoms with van der Waals surface area (Å²) in [5, 5.41) is 0. The Morgan fingerprint density at radius 2 is 1.53 bits per heavy atom. The normalized spacial score (nSPS) is 12.3. The number of methoxy groups -OCH3 is 1. The van der Waals surface area contributed by atoms with Crippen LogP contribution in [-0.4, -0.2) is 7.11 Å². The predicted molar refractivity (Wildman–Crippen MR) is 79.7 cm³/mol. The SMILES string of the molecule is COc1ccccc1C(N)c1cc(C)c(C)cc1C. The first-order valence-electron chi connectivity index (χ1n) is 6.51. The lowest BCUT2D eigenvalue weighted by atomic mass is 9.92. The summed E-state index contributed by atoms with van der Waals surface area (Å²) in [6.45, 7) is 6.35. The van der Waals surface area contributed by atoms with Crippen molar-refractivity contribution in [2.45, 2.75) is 26.8 Å². The van der Waals surface area contributed by atoms with Gasteiger partial charge in [0.15, 0.2) is 0 Å². The number of nitrogens with two attached hydrogens (primary N) is 1. The molecule has 0 radical (unpaired) electrons. The second-order valence-corrected chi connectivity index (χ2v) is 5.01. The highest BCUT2D eigenvalue weighted by molar-refractivity contribution is 5.46. The zero-order valence-electron chi connectivity index (χ0n) is 12.0. The van der Waals surface area contributed by atoms with Crippen molar-refractivity contribution in [3.8, 4) is 5.75 Å². The molecule has 0 aromatic heterocycles. The summed E-state index contributed by atoms with van der Waals surface area (Å²) < 4.78 is 5.40. The average molecular weight is 255 g/mol. The van der Waals surface area contributed by atoms with Gasteiger partial charge in [-0.1, -0.05) is 30.3 Å². The lowest BCUT2D eigenvalue weighted by molar-refractivity contribution is 0.408. The highest BCUT2D eigenvalue weighted by Gasteiger charge is 2.16. The molecule has 0 aliphatic rings. The lowest BCUT2D eigenvalue weighted by Gasteiger charge is -2.19. The molecule has 0 heterocycles. The molecule has 2 nitrogen and oxygen atoms in total. The second-order valence-electron chi connectivity index (χ2n) is 5.01. The first-order valence-corrected chi connectivity index (χ1v) is 6.51. The fourth-order valence-corrected chi connectivity index (χ4v) is 2.41. The molecule has 2 aromatic rings. The maximum Gasteiger partial charge on any atom is 0.123 e. The molecule has 0 amide bonds. The maximum atomic E-state index is 6.43. The lowest BCUT2D eigenvalue weighted by Crippen LogP contribution is -2.14. The van der Waals surface area contributed by atoms with Crippen LogP contribution in [0.2, 0.25) is 0 Å². The molecule has 2 rings (SSSR count). The van der Waals surface area contributed by atoms with Gasteiger partial charge in [0.2, 0.25) is 0 Å². The van der Waals surface area contributed by atoms with E-state index in [-0.39, 0.29) is 6.04 Å². The van der Waals surface area contributed by atoms with Crippen molar-refractivity contribution in [1.29, 1.82) is 0 Å². The molecular weight excluding hydrogens is 234 g/mol. The molecule has 0 aliphatic carbocycles. The third kappa shape index (κ3) is 2.64. The molecule has 2 aromatic carbocycles. The van der Waals surface area contributed by atoms with Crippen LogP contribution in [0.15, 0.2) is 36.4 Å². The van der Waals surface area contributed by atoms with Crippen molar-refractivity contribution >= 4 is 0 Å². The summed E-state index contributed by atoms with van der Waals surface area (Å²) in [7, 11) is 1.68. The Morgan fingerprint density at radius 1 is 0.895 bits per heavy atom. The van der Waals surface area contributed by atoms with Crippen LogP contribution in [0.1, 0.15) is 33.9 Å². The van der Waals surface area contributed by atoms with Crippen LogP contribution < -0.4 is 10.5 Å². The van der Waals surface area contributed by atoms with Gasteiger partial charge in [0.1, 0.15) is 5.75 Å². The number of rotatable bonds is 3. The van der Waals surface area contributed by atoms with E-state index in [0.717, 1.165) is 16.9 Å². The maximum absolute atomic E-state index is 6.43. The van der Waals surface area contributed by atoms with Gasteiger partial charge in [-0.3, -0.25) is 0 Å². The van der Waals surface area contributed by atoms with Crippen LogP contribution >= 0.6 is 0 Å². The topological polar surface area (TPSA) is 35.2 Å². The molecule has 0 aliphatic heterocycles. The van der Waals surface area contributed by atoms with E-state index in [1.165, 1.54) is 16.7 Å². The molecule has 2 N–H and O–H groups in total.